The topological polar surface area (TPSA) is 61.4 Å². The fourth-order valence-corrected chi connectivity index (χ4v) is 3.98. The van der Waals surface area contributed by atoms with Crippen molar-refractivity contribution in [3.8, 4) is 0 Å². The van der Waals surface area contributed by atoms with E-state index in [0.29, 0.717) is 42.5 Å². The summed E-state index contributed by atoms with van der Waals surface area (Å²) < 4.78 is 38.6. The van der Waals surface area contributed by atoms with Gasteiger partial charge in [0.05, 0.1) is 11.6 Å². The van der Waals surface area contributed by atoms with Crippen LogP contribution in [0.4, 0.5) is 29.3 Å². The molecule has 1 heterocycles. The molecule has 152 valence electrons. The summed E-state index contributed by atoms with van der Waals surface area (Å²) in [7, 11) is 1.70. The van der Waals surface area contributed by atoms with Crippen LogP contribution >= 0.6 is 0 Å². The maximum atomic E-state index is 12.9. The van der Waals surface area contributed by atoms with Crippen molar-refractivity contribution >= 4 is 23.3 Å². The largest absolute Gasteiger partial charge is 0.416 e. The van der Waals surface area contributed by atoms with Crippen molar-refractivity contribution in [2.24, 2.45) is 0 Å². The standard InChI is InChI=1S/C21H20F3N3O2/c1-27-18-11-15(6-2-12(18)4-9-19(27)28)25-20(29)26-17-8-3-13-10-14(21(22,23)24)5-7-16(13)17/h2,5-7,10-11,17H,3-4,8-9H2,1H3,(H2,25,26,29)/t17-/m1/s1. The van der Waals surface area contributed by atoms with E-state index in [4.69, 9.17) is 0 Å². The van der Waals surface area contributed by atoms with Crippen molar-refractivity contribution in [2.75, 3.05) is 17.3 Å². The lowest BCUT2D eigenvalue weighted by molar-refractivity contribution is -0.137. The van der Waals surface area contributed by atoms with Crippen LogP contribution in [0.5, 0.6) is 0 Å². The van der Waals surface area contributed by atoms with Gasteiger partial charge in [-0.15, -0.1) is 0 Å². The molecule has 0 unspecified atom stereocenters. The minimum atomic E-state index is -4.38. The van der Waals surface area contributed by atoms with E-state index in [1.807, 2.05) is 6.07 Å². The fraction of sp³-hybridized carbons (Fsp3) is 0.333. The number of aryl methyl sites for hydroxylation is 2. The smallest absolute Gasteiger partial charge is 0.331 e. The average molecular weight is 403 g/mol. The van der Waals surface area contributed by atoms with Gasteiger partial charge in [-0.2, -0.15) is 13.2 Å². The van der Waals surface area contributed by atoms with Gasteiger partial charge >= 0.3 is 12.2 Å². The third-order valence-electron chi connectivity index (χ3n) is 5.54. The number of fused-ring (bicyclic) bond motifs is 2. The van der Waals surface area contributed by atoms with Gasteiger partial charge in [0, 0.05) is 24.8 Å². The molecule has 3 amide bonds. The lowest BCUT2D eigenvalue weighted by Crippen LogP contribution is -2.33. The predicted molar refractivity (Wildman–Crippen MR) is 103 cm³/mol. The maximum absolute atomic E-state index is 12.9. The third kappa shape index (κ3) is 3.79. The summed E-state index contributed by atoms with van der Waals surface area (Å²) in [6.07, 6.45) is -2.21. The molecular weight excluding hydrogens is 383 g/mol. The Morgan fingerprint density at radius 2 is 1.86 bits per heavy atom. The van der Waals surface area contributed by atoms with E-state index < -0.39 is 17.8 Å². The van der Waals surface area contributed by atoms with Crippen LogP contribution < -0.4 is 15.5 Å². The first kappa shape index (κ1) is 19.3. The highest BCUT2D eigenvalue weighted by molar-refractivity contribution is 5.97. The lowest BCUT2D eigenvalue weighted by atomic mass is 10.0. The lowest BCUT2D eigenvalue weighted by Gasteiger charge is -2.26. The molecule has 8 heteroatoms. The van der Waals surface area contributed by atoms with Crippen molar-refractivity contribution in [1.29, 1.82) is 0 Å². The maximum Gasteiger partial charge on any atom is 0.416 e. The second-order valence-corrected chi connectivity index (χ2v) is 7.40. The Hall–Kier alpha value is -3.03. The van der Waals surface area contributed by atoms with Gasteiger partial charge in [-0.1, -0.05) is 12.1 Å². The molecule has 0 spiro atoms. The molecule has 0 radical (unpaired) electrons. The van der Waals surface area contributed by atoms with Gasteiger partial charge in [-0.25, -0.2) is 4.79 Å². The zero-order chi connectivity index (χ0) is 20.8. The Labute approximate surface area is 165 Å². The number of rotatable bonds is 2. The zero-order valence-electron chi connectivity index (χ0n) is 15.8. The van der Waals surface area contributed by atoms with Gasteiger partial charge in [0.1, 0.15) is 0 Å². The second kappa shape index (κ2) is 7.09. The van der Waals surface area contributed by atoms with Crippen LogP contribution in [0.2, 0.25) is 0 Å². The van der Waals surface area contributed by atoms with Crippen molar-refractivity contribution in [1.82, 2.24) is 5.32 Å². The summed E-state index contributed by atoms with van der Waals surface area (Å²) in [5.41, 5.74) is 3.01. The number of benzene rings is 2. The molecule has 1 aliphatic carbocycles. The highest BCUT2D eigenvalue weighted by atomic mass is 19.4. The minimum Gasteiger partial charge on any atom is -0.331 e. The van der Waals surface area contributed by atoms with Gasteiger partial charge in [0.2, 0.25) is 5.91 Å². The van der Waals surface area contributed by atoms with E-state index in [0.717, 1.165) is 23.4 Å². The number of carbonyl (C=O) groups excluding carboxylic acids is 2. The molecule has 0 saturated heterocycles. The first-order chi connectivity index (χ1) is 13.7. The number of nitrogens with zero attached hydrogens (tertiary/aromatic N) is 1. The monoisotopic (exact) mass is 403 g/mol. The number of hydrogen-bond donors (Lipinski definition) is 2. The van der Waals surface area contributed by atoms with Crippen molar-refractivity contribution in [3.63, 3.8) is 0 Å². The molecule has 2 N–H and O–H groups in total. The van der Waals surface area contributed by atoms with Gasteiger partial charge in [0.25, 0.3) is 0 Å². The van der Waals surface area contributed by atoms with E-state index >= 15 is 0 Å². The predicted octanol–water partition coefficient (Wildman–Crippen LogP) is 4.42. The number of carbonyl (C=O) groups is 2. The Balaban J connectivity index is 1.45. The second-order valence-electron chi connectivity index (χ2n) is 7.40. The van der Waals surface area contributed by atoms with Crippen molar-refractivity contribution in [3.05, 3.63) is 58.7 Å². The molecule has 29 heavy (non-hydrogen) atoms. The third-order valence-corrected chi connectivity index (χ3v) is 5.54. The zero-order valence-corrected chi connectivity index (χ0v) is 15.8. The first-order valence-corrected chi connectivity index (χ1v) is 9.39. The van der Waals surface area contributed by atoms with Gasteiger partial charge in [0.15, 0.2) is 0 Å². The van der Waals surface area contributed by atoms with E-state index in [-0.39, 0.29) is 11.9 Å². The normalized spacial score (nSPS) is 18.3. The molecule has 1 aliphatic heterocycles. The van der Waals surface area contributed by atoms with Crippen molar-refractivity contribution < 1.29 is 22.8 Å². The highest BCUT2D eigenvalue weighted by Gasteiger charge is 2.33. The van der Waals surface area contributed by atoms with E-state index in [1.165, 1.54) is 6.07 Å². The quantitative estimate of drug-likeness (QED) is 0.780. The Bertz CT molecular complexity index is 988. The molecule has 1 atom stereocenters. The fourth-order valence-electron chi connectivity index (χ4n) is 3.98. The van der Waals surface area contributed by atoms with E-state index in [2.05, 4.69) is 10.6 Å². The minimum absolute atomic E-state index is 0.0277. The number of urea groups is 1. The van der Waals surface area contributed by atoms with Crippen LogP contribution in [-0.2, 0) is 23.8 Å². The van der Waals surface area contributed by atoms with E-state index in [9.17, 15) is 22.8 Å². The molecule has 0 aromatic heterocycles. The van der Waals surface area contributed by atoms with Crippen LogP contribution in [0.3, 0.4) is 0 Å². The highest BCUT2D eigenvalue weighted by Crippen LogP contribution is 2.37. The molecule has 2 aromatic rings. The van der Waals surface area contributed by atoms with Gasteiger partial charge in [-0.05, 0) is 60.2 Å². The number of anilines is 2. The summed E-state index contributed by atoms with van der Waals surface area (Å²) in [5.74, 6) is 0.0277. The average Bonchev–Trinajstić information content (AvgIpc) is 3.06. The van der Waals surface area contributed by atoms with Crippen LogP contribution in [-0.4, -0.2) is 19.0 Å². The number of alkyl halides is 3. The first-order valence-electron chi connectivity index (χ1n) is 9.39. The van der Waals surface area contributed by atoms with E-state index in [1.54, 1.807) is 24.1 Å². The molecular formula is C21H20F3N3O2. The molecule has 4 rings (SSSR count). The van der Waals surface area contributed by atoms with Crippen LogP contribution in [0.1, 0.15) is 41.1 Å². The summed E-state index contributed by atoms with van der Waals surface area (Å²) in [6.45, 7) is 0. The molecule has 0 fully saturated rings. The van der Waals surface area contributed by atoms with Crippen molar-refractivity contribution in [2.45, 2.75) is 37.9 Å². The summed E-state index contributed by atoms with van der Waals surface area (Å²) in [6, 6.07) is 8.29. The van der Waals surface area contributed by atoms with Crippen LogP contribution in [0, 0.1) is 0 Å². The summed E-state index contributed by atoms with van der Waals surface area (Å²) in [4.78, 5) is 25.9. The number of amides is 3. The SMILES string of the molecule is CN1C(=O)CCc2ccc(NC(=O)N[C@@H]3CCc4cc(C(F)(F)F)ccc43)cc21. The van der Waals surface area contributed by atoms with Gasteiger partial charge in [-0.3, -0.25) is 4.79 Å². The summed E-state index contributed by atoms with van der Waals surface area (Å²) >= 11 is 0. The Morgan fingerprint density at radius 3 is 2.62 bits per heavy atom. The van der Waals surface area contributed by atoms with Crippen LogP contribution in [0.25, 0.3) is 0 Å². The molecule has 2 aromatic carbocycles. The molecule has 5 nitrogen and oxygen atoms in total. The Kier molecular flexibility index (Phi) is 4.72. The molecule has 0 bridgehead atoms. The number of nitrogens with one attached hydrogen (secondary N) is 2. The molecule has 2 aliphatic rings. The number of halogens is 3. The molecule has 0 saturated carbocycles. The van der Waals surface area contributed by atoms with Crippen LogP contribution in [0.15, 0.2) is 36.4 Å². The van der Waals surface area contributed by atoms with Gasteiger partial charge < -0.3 is 15.5 Å². The summed E-state index contributed by atoms with van der Waals surface area (Å²) in [5, 5.41) is 5.58. The Morgan fingerprint density at radius 1 is 1.07 bits per heavy atom. The number of hydrogen-bond acceptors (Lipinski definition) is 2.